The molecule has 0 unspecified atom stereocenters. The van der Waals surface area contributed by atoms with E-state index in [0.717, 1.165) is 0 Å². The highest BCUT2D eigenvalue weighted by Crippen LogP contribution is 2.04. The first-order valence-corrected chi connectivity index (χ1v) is 5.67. The molecule has 100 valence electrons. The van der Waals surface area contributed by atoms with Crippen molar-refractivity contribution < 1.29 is 23.6 Å². The van der Waals surface area contributed by atoms with Crippen molar-refractivity contribution in [3.63, 3.8) is 0 Å². The van der Waals surface area contributed by atoms with E-state index in [9.17, 15) is 9.59 Å². The number of aromatic nitrogens is 1. The molecular formula is C11H13BN2O5. The van der Waals surface area contributed by atoms with Crippen molar-refractivity contribution in [1.29, 1.82) is 0 Å². The average molecular weight is 264 g/mol. The highest BCUT2D eigenvalue weighted by Gasteiger charge is 2.35. The standard InChI is InChI=1S/C11H13BN2O5/c1-14-6-10(15)18-12(19-11(16)7-14)8-4-3-5-9(13-8)17-2/h3-5H,6-7H2,1-2H3. The van der Waals surface area contributed by atoms with Gasteiger partial charge >= 0.3 is 19.1 Å². The van der Waals surface area contributed by atoms with Crippen molar-refractivity contribution >= 4 is 24.7 Å². The Hall–Kier alpha value is -2.09. The number of pyridine rings is 1. The summed E-state index contributed by atoms with van der Waals surface area (Å²) >= 11 is 0. The molecule has 2 rings (SSSR count). The normalized spacial score (nSPS) is 17.3. The van der Waals surface area contributed by atoms with Gasteiger partial charge < -0.3 is 14.0 Å². The number of hydrogen-bond acceptors (Lipinski definition) is 7. The Labute approximate surface area is 110 Å². The number of rotatable bonds is 2. The summed E-state index contributed by atoms with van der Waals surface area (Å²) in [6.07, 6.45) is 0. The molecule has 19 heavy (non-hydrogen) atoms. The van der Waals surface area contributed by atoms with Crippen LogP contribution in [-0.2, 0) is 18.9 Å². The van der Waals surface area contributed by atoms with Gasteiger partial charge in [0, 0.05) is 6.07 Å². The SMILES string of the molecule is COc1cccc(B2OC(=O)CN(C)CC(=O)O2)n1. The van der Waals surface area contributed by atoms with Gasteiger partial charge in [-0.2, -0.15) is 0 Å². The Morgan fingerprint density at radius 2 is 1.89 bits per heavy atom. The van der Waals surface area contributed by atoms with Gasteiger partial charge in [-0.25, -0.2) is 4.98 Å². The molecule has 0 aromatic carbocycles. The van der Waals surface area contributed by atoms with Gasteiger partial charge in [0.2, 0.25) is 5.88 Å². The maximum absolute atomic E-state index is 11.6. The fourth-order valence-corrected chi connectivity index (χ4v) is 1.63. The van der Waals surface area contributed by atoms with Gasteiger partial charge in [-0.15, -0.1) is 0 Å². The lowest BCUT2D eigenvalue weighted by Crippen LogP contribution is -2.48. The summed E-state index contributed by atoms with van der Waals surface area (Å²) in [5, 5.41) is 0. The van der Waals surface area contributed by atoms with Crippen LogP contribution >= 0.6 is 0 Å². The summed E-state index contributed by atoms with van der Waals surface area (Å²) in [5.41, 5.74) is 0.311. The molecule has 0 aliphatic carbocycles. The number of methoxy groups -OCH3 is 1. The van der Waals surface area contributed by atoms with E-state index in [-0.39, 0.29) is 13.1 Å². The molecule has 1 fully saturated rings. The Morgan fingerprint density at radius 1 is 1.26 bits per heavy atom. The molecule has 0 atom stereocenters. The van der Waals surface area contributed by atoms with Gasteiger partial charge in [0.25, 0.3) is 0 Å². The number of nitrogens with zero attached hydrogens (tertiary/aromatic N) is 2. The Kier molecular flexibility index (Phi) is 4.01. The first-order valence-electron chi connectivity index (χ1n) is 5.67. The zero-order valence-electron chi connectivity index (χ0n) is 10.7. The van der Waals surface area contributed by atoms with E-state index >= 15 is 0 Å². The van der Waals surface area contributed by atoms with Crippen LogP contribution in [0.15, 0.2) is 18.2 Å². The van der Waals surface area contributed by atoms with Gasteiger partial charge in [0.1, 0.15) is 5.59 Å². The third-order valence-corrected chi connectivity index (χ3v) is 2.47. The molecular weight excluding hydrogens is 251 g/mol. The highest BCUT2D eigenvalue weighted by atomic mass is 16.6. The number of ether oxygens (including phenoxy) is 1. The van der Waals surface area contributed by atoms with Crippen LogP contribution in [0.5, 0.6) is 5.88 Å². The predicted molar refractivity (Wildman–Crippen MR) is 65.9 cm³/mol. The van der Waals surface area contributed by atoms with Crippen LogP contribution in [0.4, 0.5) is 0 Å². The molecule has 0 saturated carbocycles. The fraction of sp³-hybridized carbons (Fsp3) is 0.364. The van der Waals surface area contributed by atoms with Gasteiger partial charge in [0.15, 0.2) is 0 Å². The van der Waals surface area contributed by atoms with Gasteiger partial charge in [-0.05, 0) is 13.1 Å². The summed E-state index contributed by atoms with van der Waals surface area (Å²) in [7, 11) is 1.97. The molecule has 1 aromatic rings. The van der Waals surface area contributed by atoms with Crippen LogP contribution in [0.2, 0.25) is 0 Å². The van der Waals surface area contributed by atoms with Crippen molar-refractivity contribution in [3.05, 3.63) is 18.2 Å². The quantitative estimate of drug-likeness (QED) is 0.622. The second kappa shape index (κ2) is 5.70. The van der Waals surface area contributed by atoms with Crippen LogP contribution in [0, 0.1) is 0 Å². The van der Waals surface area contributed by atoms with Crippen molar-refractivity contribution in [2.75, 3.05) is 27.2 Å². The number of likely N-dealkylation sites (N-methyl/N-ethyl adjacent to an activating group) is 1. The average Bonchev–Trinajstić information content (AvgIpc) is 2.36. The number of carbonyl (C=O) groups excluding carboxylic acids is 2. The van der Waals surface area contributed by atoms with Gasteiger partial charge in [0.05, 0.1) is 20.2 Å². The Morgan fingerprint density at radius 3 is 2.47 bits per heavy atom. The molecule has 8 heteroatoms. The van der Waals surface area contributed by atoms with Crippen molar-refractivity contribution in [3.8, 4) is 5.88 Å². The maximum Gasteiger partial charge on any atom is 0.656 e. The lowest BCUT2D eigenvalue weighted by atomic mass is 9.83. The third kappa shape index (κ3) is 3.44. The predicted octanol–water partition coefficient (Wildman–Crippen LogP) is -1.18. The van der Waals surface area contributed by atoms with Gasteiger partial charge in [-0.3, -0.25) is 14.5 Å². The second-order valence-electron chi connectivity index (χ2n) is 4.09. The van der Waals surface area contributed by atoms with E-state index in [4.69, 9.17) is 14.0 Å². The zero-order chi connectivity index (χ0) is 13.8. The molecule has 1 aliphatic rings. The molecule has 7 nitrogen and oxygen atoms in total. The first-order chi connectivity index (χ1) is 9.08. The van der Waals surface area contributed by atoms with E-state index in [1.807, 2.05) is 0 Å². The van der Waals surface area contributed by atoms with E-state index in [1.165, 1.54) is 12.0 Å². The largest absolute Gasteiger partial charge is 0.656 e. The molecule has 0 bridgehead atoms. The van der Waals surface area contributed by atoms with E-state index < -0.39 is 19.1 Å². The van der Waals surface area contributed by atoms with E-state index in [2.05, 4.69) is 4.98 Å². The summed E-state index contributed by atoms with van der Waals surface area (Å²) < 4.78 is 15.1. The van der Waals surface area contributed by atoms with E-state index in [1.54, 1.807) is 25.2 Å². The summed E-state index contributed by atoms with van der Waals surface area (Å²) in [6.45, 7) is 0.0468. The topological polar surface area (TPSA) is 78.0 Å². The van der Waals surface area contributed by atoms with Crippen LogP contribution in [0.25, 0.3) is 0 Å². The van der Waals surface area contributed by atoms with Crippen molar-refractivity contribution in [2.24, 2.45) is 0 Å². The lowest BCUT2D eigenvalue weighted by Gasteiger charge is -2.22. The highest BCUT2D eigenvalue weighted by molar-refractivity contribution is 6.63. The van der Waals surface area contributed by atoms with Crippen LogP contribution in [0.3, 0.4) is 0 Å². The minimum Gasteiger partial charge on any atom is -0.493 e. The van der Waals surface area contributed by atoms with Crippen molar-refractivity contribution in [1.82, 2.24) is 9.88 Å². The second-order valence-corrected chi connectivity index (χ2v) is 4.09. The monoisotopic (exact) mass is 264 g/mol. The first kappa shape index (κ1) is 13.3. The maximum atomic E-state index is 11.6. The third-order valence-electron chi connectivity index (χ3n) is 2.47. The van der Waals surface area contributed by atoms with Crippen LogP contribution < -0.4 is 10.3 Å². The summed E-state index contributed by atoms with van der Waals surface area (Å²) in [6, 6.07) is 4.91. The summed E-state index contributed by atoms with van der Waals surface area (Å²) in [5.74, 6) is -0.613. The molecule has 1 aromatic heterocycles. The van der Waals surface area contributed by atoms with E-state index in [0.29, 0.717) is 11.5 Å². The Balaban J connectivity index is 2.21. The van der Waals surface area contributed by atoms with Crippen LogP contribution in [-0.4, -0.2) is 56.2 Å². The minimum atomic E-state index is -1.14. The lowest BCUT2D eigenvalue weighted by molar-refractivity contribution is -0.145. The van der Waals surface area contributed by atoms with Crippen molar-refractivity contribution in [2.45, 2.75) is 0 Å². The molecule has 1 aliphatic heterocycles. The minimum absolute atomic E-state index is 0.0234. The fourth-order valence-electron chi connectivity index (χ4n) is 1.63. The molecule has 2 heterocycles. The molecule has 0 amide bonds. The Bertz CT molecular complexity index is 476. The molecule has 0 N–H and O–H groups in total. The number of hydrogen-bond donors (Lipinski definition) is 0. The number of carbonyl (C=O) groups is 2. The van der Waals surface area contributed by atoms with Gasteiger partial charge in [-0.1, -0.05) is 6.07 Å². The smallest absolute Gasteiger partial charge is 0.493 e. The zero-order valence-corrected chi connectivity index (χ0v) is 10.7. The molecule has 0 radical (unpaired) electrons. The molecule has 1 saturated heterocycles. The summed E-state index contributed by atoms with van der Waals surface area (Å²) in [4.78, 5) is 28.8. The van der Waals surface area contributed by atoms with Crippen LogP contribution in [0.1, 0.15) is 0 Å². The molecule has 0 spiro atoms.